The molecule has 1 unspecified atom stereocenters. The number of aromatic nitrogens is 2. The smallest absolute Gasteiger partial charge is 0.261 e. The number of benzene rings is 3. The van der Waals surface area contributed by atoms with Crippen LogP contribution in [0, 0.1) is 0 Å². The maximum absolute atomic E-state index is 12.6. The highest BCUT2D eigenvalue weighted by Crippen LogP contribution is 2.22. The van der Waals surface area contributed by atoms with Crippen LogP contribution in [0.5, 0.6) is 11.5 Å². The third-order valence-electron chi connectivity index (χ3n) is 4.89. The predicted molar refractivity (Wildman–Crippen MR) is 117 cm³/mol. The second-order valence-corrected chi connectivity index (χ2v) is 6.98. The van der Waals surface area contributed by atoms with E-state index in [9.17, 15) is 4.79 Å². The molecule has 0 fully saturated rings. The van der Waals surface area contributed by atoms with E-state index in [1.807, 2.05) is 73.7 Å². The van der Waals surface area contributed by atoms with E-state index in [1.165, 1.54) is 0 Å². The van der Waals surface area contributed by atoms with Gasteiger partial charge < -0.3 is 19.3 Å². The molecule has 0 radical (unpaired) electrons. The maximum atomic E-state index is 12.6. The van der Waals surface area contributed by atoms with Crippen molar-refractivity contribution in [1.29, 1.82) is 0 Å². The Kier molecular flexibility index (Phi) is 6.12. The average molecular weight is 417 g/mol. The van der Waals surface area contributed by atoms with Gasteiger partial charge in [-0.2, -0.15) is 4.98 Å². The third-order valence-corrected chi connectivity index (χ3v) is 4.89. The quantitative estimate of drug-likeness (QED) is 0.458. The van der Waals surface area contributed by atoms with Crippen LogP contribution >= 0.6 is 0 Å². The SMILES string of the molecule is CCC(Oc1ccc2ccccc2c1)C(=O)NCc1nc(-c2ccc(OC)cc2)no1. The number of carbonyl (C=O) groups is 1. The van der Waals surface area contributed by atoms with E-state index in [2.05, 4.69) is 15.5 Å². The lowest BCUT2D eigenvalue weighted by Gasteiger charge is -2.17. The zero-order valence-electron chi connectivity index (χ0n) is 17.4. The molecule has 31 heavy (non-hydrogen) atoms. The summed E-state index contributed by atoms with van der Waals surface area (Å²) in [5.41, 5.74) is 0.799. The van der Waals surface area contributed by atoms with Crippen LogP contribution in [-0.2, 0) is 11.3 Å². The van der Waals surface area contributed by atoms with Crippen LogP contribution in [0.2, 0.25) is 0 Å². The number of nitrogens with zero attached hydrogens (tertiary/aromatic N) is 2. The summed E-state index contributed by atoms with van der Waals surface area (Å²) in [4.78, 5) is 17.0. The Morgan fingerprint density at radius 2 is 1.77 bits per heavy atom. The average Bonchev–Trinajstić information content (AvgIpc) is 3.30. The first kappa shape index (κ1) is 20.4. The Balaban J connectivity index is 1.37. The second-order valence-electron chi connectivity index (χ2n) is 6.98. The summed E-state index contributed by atoms with van der Waals surface area (Å²) >= 11 is 0. The highest BCUT2D eigenvalue weighted by atomic mass is 16.5. The normalized spacial score (nSPS) is 11.8. The van der Waals surface area contributed by atoms with E-state index < -0.39 is 6.10 Å². The minimum Gasteiger partial charge on any atom is -0.497 e. The van der Waals surface area contributed by atoms with Gasteiger partial charge in [0.2, 0.25) is 11.7 Å². The molecule has 4 rings (SSSR count). The summed E-state index contributed by atoms with van der Waals surface area (Å²) in [6.07, 6.45) is -0.0929. The molecule has 0 bridgehead atoms. The fourth-order valence-corrected chi connectivity index (χ4v) is 3.19. The van der Waals surface area contributed by atoms with Crippen molar-refractivity contribution in [3.8, 4) is 22.9 Å². The third kappa shape index (κ3) is 4.83. The Morgan fingerprint density at radius 3 is 2.52 bits per heavy atom. The first-order valence-electron chi connectivity index (χ1n) is 10.1. The molecule has 0 aliphatic heterocycles. The largest absolute Gasteiger partial charge is 0.497 e. The fourth-order valence-electron chi connectivity index (χ4n) is 3.19. The van der Waals surface area contributed by atoms with Gasteiger partial charge in [-0.25, -0.2) is 0 Å². The number of nitrogens with one attached hydrogen (secondary N) is 1. The molecule has 1 N–H and O–H groups in total. The summed E-state index contributed by atoms with van der Waals surface area (Å²) in [5.74, 6) is 1.93. The molecular formula is C24H23N3O4. The van der Waals surface area contributed by atoms with Crippen molar-refractivity contribution in [2.75, 3.05) is 7.11 Å². The highest BCUT2D eigenvalue weighted by Gasteiger charge is 2.19. The lowest BCUT2D eigenvalue weighted by Crippen LogP contribution is -2.37. The van der Waals surface area contributed by atoms with Crippen molar-refractivity contribution in [1.82, 2.24) is 15.5 Å². The summed E-state index contributed by atoms with van der Waals surface area (Å²) < 4.78 is 16.3. The van der Waals surface area contributed by atoms with Crippen molar-refractivity contribution in [2.24, 2.45) is 0 Å². The molecule has 7 heteroatoms. The second kappa shape index (κ2) is 9.30. The van der Waals surface area contributed by atoms with Gasteiger partial charge in [0.05, 0.1) is 13.7 Å². The molecule has 0 spiro atoms. The van der Waals surface area contributed by atoms with Gasteiger partial charge in [-0.1, -0.05) is 42.4 Å². The number of rotatable bonds is 8. The minimum atomic E-state index is -0.620. The number of methoxy groups -OCH3 is 1. The molecule has 1 amide bonds. The van der Waals surface area contributed by atoms with E-state index in [1.54, 1.807) is 7.11 Å². The fraction of sp³-hybridized carbons (Fsp3) is 0.208. The number of fused-ring (bicyclic) bond motifs is 1. The van der Waals surface area contributed by atoms with E-state index in [0.29, 0.717) is 23.9 Å². The van der Waals surface area contributed by atoms with Gasteiger partial charge in [0.15, 0.2) is 6.10 Å². The molecule has 0 aliphatic carbocycles. The van der Waals surface area contributed by atoms with Gasteiger partial charge in [-0.05, 0) is 53.6 Å². The molecule has 0 saturated carbocycles. The molecule has 7 nitrogen and oxygen atoms in total. The highest BCUT2D eigenvalue weighted by molar-refractivity contribution is 5.84. The molecule has 0 saturated heterocycles. The van der Waals surface area contributed by atoms with Crippen molar-refractivity contribution in [2.45, 2.75) is 26.0 Å². The summed E-state index contributed by atoms with van der Waals surface area (Å²) in [6.45, 7) is 2.03. The van der Waals surface area contributed by atoms with Crippen molar-refractivity contribution >= 4 is 16.7 Å². The molecule has 0 aliphatic rings. The summed E-state index contributed by atoms with van der Waals surface area (Å²) in [6, 6.07) is 21.1. The zero-order chi connectivity index (χ0) is 21.6. The maximum Gasteiger partial charge on any atom is 0.261 e. The van der Waals surface area contributed by atoms with Gasteiger partial charge in [0.25, 0.3) is 5.91 Å². The number of amides is 1. The first-order chi connectivity index (χ1) is 15.2. The van der Waals surface area contributed by atoms with Gasteiger partial charge >= 0.3 is 0 Å². The Morgan fingerprint density at radius 1 is 1.03 bits per heavy atom. The monoisotopic (exact) mass is 417 g/mol. The minimum absolute atomic E-state index is 0.125. The molecule has 1 atom stereocenters. The van der Waals surface area contributed by atoms with Gasteiger partial charge in [0.1, 0.15) is 11.5 Å². The van der Waals surface area contributed by atoms with Crippen molar-refractivity contribution in [3.05, 3.63) is 72.6 Å². The van der Waals surface area contributed by atoms with E-state index in [-0.39, 0.29) is 12.5 Å². The summed E-state index contributed by atoms with van der Waals surface area (Å²) in [5, 5.41) is 8.97. The van der Waals surface area contributed by atoms with Crippen LogP contribution < -0.4 is 14.8 Å². The number of hydrogen-bond acceptors (Lipinski definition) is 6. The van der Waals surface area contributed by atoms with Crippen molar-refractivity contribution in [3.63, 3.8) is 0 Å². The van der Waals surface area contributed by atoms with E-state index >= 15 is 0 Å². The Hall–Kier alpha value is -3.87. The van der Waals surface area contributed by atoms with Crippen LogP contribution in [0.1, 0.15) is 19.2 Å². The lowest BCUT2D eigenvalue weighted by atomic mass is 10.1. The van der Waals surface area contributed by atoms with Crippen LogP contribution in [0.4, 0.5) is 0 Å². The number of carbonyl (C=O) groups excluding carboxylic acids is 1. The zero-order valence-corrected chi connectivity index (χ0v) is 17.4. The van der Waals surface area contributed by atoms with Crippen LogP contribution in [-0.4, -0.2) is 29.3 Å². The molecule has 158 valence electrons. The predicted octanol–water partition coefficient (Wildman–Crippen LogP) is 4.37. The molecule has 3 aromatic carbocycles. The van der Waals surface area contributed by atoms with E-state index in [4.69, 9.17) is 14.0 Å². The van der Waals surface area contributed by atoms with Gasteiger partial charge in [-0.3, -0.25) is 4.79 Å². The van der Waals surface area contributed by atoms with Gasteiger partial charge in [0, 0.05) is 5.56 Å². The number of hydrogen-bond donors (Lipinski definition) is 1. The molecule has 1 heterocycles. The topological polar surface area (TPSA) is 86.5 Å². The van der Waals surface area contributed by atoms with Gasteiger partial charge in [-0.15, -0.1) is 0 Å². The lowest BCUT2D eigenvalue weighted by molar-refractivity contribution is -0.128. The first-order valence-corrected chi connectivity index (χ1v) is 10.1. The molecule has 4 aromatic rings. The molecule has 1 aromatic heterocycles. The van der Waals surface area contributed by atoms with Crippen LogP contribution in [0.3, 0.4) is 0 Å². The Bertz CT molecular complexity index is 1170. The molecular weight excluding hydrogens is 394 g/mol. The standard InChI is InChI=1S/C24H23N3O4/c1-3-21(30-20-13-8-16-6-4-5-7-18(16)14-20)24(28)25-15-22-26-23(27-31-22)17-9-11-19(29-2)12-10-17/h4-14,21H,3,15H2,1-2H3,(H,25,28). The number of ether oxygens (including phenoxy) is 2. The Labute approximate surface area is 180 Å². The van der Waals surface area contributed by atoms with Crippen molar-refractivity contribution < 1.29 is 18.8 Å². The van der Waals surface area contributed by atoms with Crippen LogP contribution in [0.15, 0.2) is 71.3 Å². The van der Waals surface area contributed by atoms with Crippen LogP contribution in [0.25, 0.3) is 22.2 Å². The van der Waals surface area contributed by atoms with E-state index in [0.717, 1.165) is 22.1 Å². The summed E-state index contributed by atoms with van der Waals surface area (Å²) in [7, 11) is 1.61.